The topological polar surface area (TPSA) is 46.6 Å². The Morgan fingerprint density at radius 3 is 2.27 bits per heavy atom. The average Bonchev–Trinajstić information content (AvgIpc) is 2.96. The lowest BCUT2D eigenvalue weighted by Crippen LogP contribution is -2.34. The Balaban J connectivity index is 1.89. The van der Waals surface area contributed by atoms with Crippen molar-refractivity contribution in [3.63, 3.8) is 0 Å². The Bertz CT molecular complexity index is 710. The van der Waals surface area contributed by atoms with Gasteiger partial charge in [-0.15, -0.1) is 0 Å². The third-order valence-corrected chi connectivity index (χ3v) is 3.66. The van der Waals surface area contributed by atoms with Crippen LogP contribution in [0.15, 0.2) is 67.2 Å². The summed E-state index contributed by atoms with van der Waals surface area (Å²) in [5.41, 5.74) is 1.84. The van der Waals surface area contributed by atoms with Gasteiger partial charge in [-0.2, -0.15) is 0 Å². The van der Waals surface area contributed by atoms with E-state index < -0.39 is 18.0 Å². The number of carbonyl (C=O) groups is 2. The second kappa shape index (κ2) is 5.85. The second-order valence-corrected chi connectivity index (χ2v) is 5.02. The number of hydrogen-bond acceptors (Lipinski definition) is 3. The summed E-state index contributed by atoms with van der Waals surface area (Å²) in [7, 11) is 0. The van der Waals surface area contributed by atoms with Gasteiger partial charge in [0.1, 0.15) is 12.6 Å². The summed E-state index contributed by atoms with van der Waals surface area (Å²) in [6.45, 7) is 4.00. The lowest BCUT2D eigenvalue weighted by atomic mass is 10.0. The van der Waals surface area contributed by atoms with Crippen molar-refractivity contribution in [1.29, 1.82) is 0 Å². The van der Waals surface area contributed by atoms with Gasteiger partial charge in [0.25, 0.3) is 5.91 Å². The molecule has 2 aromatic carbocycles. The maximum atomic E-state index is 12.7. The van der Waals surface area contributed by atoms with Crippen LogP contribution in [0.1, 0.15) is 17.2 Å². The highest BCUT2D eigenvalue weighted by molar-refractivity contribution is 6.22. The summed E-state index contributed by atoms with van der Waals surface area (Å²) in [5.74, 6) is -0.428. The molecular formula is C18H15NO3. The smallest absolute Gasteiger partial charge is 0.417 e. The highest BCUT2D eigenvalue weighted by Gasteiger charge is 2.39. The van der Waals surface area contributed by atoms with Crippen LogP contribution in [0, 0.1) is 0 Å². The largest absolute Gasteiger partial charge is 0.446 e. The van der Waals surface area contributed by atoms with Gasteiger partial charge >= 0.3 is 6.09 Å². The zero-order valence-electron chi connectivity index (χ0n) is 11.9. The monoisotopic (exact) mass is 293 g/mol. The molecule has 110 valence electrons. The quantitative estimate of drug-likeness (QED) is 0.815. The Hall–Kier alpha value is -2.88. The van der Waals surface area contributed by atoms with E-state index in [9.17, 15) is 9.59 Å². The molecule has 0 aliphatic carbocycles. The van der Waals surface area contributed by atoms with Gasteiger partial charge in [0.15, 0.2) is 0 Å². The molecule has 0 N–H and O–H groups in total. The average molecular weight is 293 g/mol. The van der Waals surface area contributed by atoms with E-state index in [2.05, 4.69) is 6.58 Å². The van der Waals surface area contributed by atoms with Crippen molar-refractivity contribution >= 4 is 17.6 Å². The van der Waals surface area contributed by atoms with Crippen LogP contribution < -0.4 is 0 Å². The Kier molecular flexibility index (Phi) is 3.74. The van der Waals surface area contributed by atoms with E-state index >= 15 is 0 Å². The Labute approximate surface area is 128 Å². The minimum Gasteiger partial charge on any atom is -0.446 e. The van der Waals surface area contributed by atoms with Crippen LogP contribution in [0.3, 0.4) is 0 Å². The molecule has 1 atom stereocenters. The Morgan fingerprint density at radius 2 is 1.64 bits per heavy atom. The summed E-state index contributed by atoms with van der Waals surface area (Å²) in [6, 6.07) is 18.0. The molecule has 1 fully saturated rings. The van der Waals surface area contributed by atoms with Crippen LogP contribution in [0.5, 0.6) is 0 Å². The molecule has 4 heteroatoms. The second-order valence-electron chi connectivity index (χ2n) is 5.02. The van der Waals surface area contributed by atoms with Gasteiger partial charge in [0.05, 0.1) is 0 Å². The maximum Gasteiger partial charge on any atom is 0.417 e. The third kappa shape index (κ3) is 2.51. The molecule has 1 saturated heterocycles. The van der Waals surface area contributed by atoms with E-state index in [0.717, 1.165) is 10.5 Å². The molecule has 4 nitrogen and oxygen atoms in total. The lowest BCUT2D eigenvalue weighted by Gasteiger charge is -2.20. The lowest BCUT2D eigenvalue weighted by molar-refractivity contribution is -0.123. The number of rotatable bonds is 3. The van der Waals surface area contributed by atoms with Crippen molar-refractivity contribution in [3.05, 3.63) is 78.4 Å². The number of nitrogens with zero attached hydrogens (tertiary/aromatic N) is 1. The van der Waals surface area contributed by atoms with Crippen molar-refractivity contribution in [2.75, 3.05) is 6.61 Å². The molecule has 0 radical (unpaired) electrons. The van der Waals surface area contributed by atoms with Crippen LogP contribution in [0.4, 0.5) is 4.79 Å². The third-order valence-electron chi connectivity index (χ3n) is 3.66. The molecule has 2 aromatic rings. The zero-order valence-corrected chi connectivity index (χ0v) is 11.9. The van der Waals surface area contributed by atoms with Gasteiger partial charge in [0, 0.05) is 5.57 Å². The van der Waals surface area contributed by atoms with Crippen molar-refractivity contribution in [2.24, 2.45) is 0 Å². The van der Waals surface area contributed by atoms with Crippen molar-refractivity contribution in [1.82, 2.24) is 4.90 Å². The molecule has 0 aromatic heterocycles. The fourth-order valence-electron chi connectivity index (χ4n) is 2.47. The molecule has 0 saturated carbocycles. The minimum atomic E-state index is -0.629. The first kappa shape index (κ1) is 14.1. The normalized spacial score (nSPS) is 17.2. The first-order chi connectivity index (χ1) is 10.7. The molecule has 0 spiro atoms. The maximum absolute atomic E-state index is 12.7. The van der Waals surface area contributed by atoms with Gasteiger partial charge in [-0.05, 0) is 11.1 Å². The van der Waals surface area contributed by atoms with E-state index in [4.69, 9.17) is 4.74 Å². The van der Waals surface area contributed by atoms with Gasteiger partial charge in [-0.1, -0.05) is 67.2 Å². The summed E-state index contributed by atoms with van der Waals surface area (Å²) < 4.78 is 5.06. The van der Waals surface area contributed by atoms with Crippen molar-refractivity contribution in [3.8, 4) is 0 Å². The van der Waals surface area contributed by atoms with Crippen LogP contribution in [-0.4, -0.2) is 23.5 Å². The zero-order chi connectivity index (χ0) is 15.5. The van der Waals surface area contributed by atoms with Crippen LogP contribution in [0.2, 0.25) is 0 Å². The SMILES string of the molecule is C=C(C(=O)N1C(=O)OC[C@@H]1c1ccccc1)c1ccccc1. The van der Waals surface area contributed by atoms with Gasteiger partial charge < -0.3 is 4.74 Å². The number of amides is 2. The van der Waals surface area contributed by atoms with Crippen molar-refractivity contribution in [2.45, 2.75) is 6.04 Å². The Morgan fingerprint density at radius 1 is 1.05 bits per heavy atom. The standard InChI is InChI=1S/C18H15NO3/c1-13(14-8-4-2-5-9-14)17(20)19-16(12-22-18(19)21)15-10-6-3-7-11-15/h2-11,16H,1,12H2/t16-/m1/s1. The molecule has 3 rings (SSSR count). The highest BCUT2D eigenvalue weighted by Crippen LogP contribution is 2.30. The number of carbonyl (C=O) groups excluding carboxylic acids is 2. The molecule has 1 aliphatic heterocycles. The molecule has 0 bridgehead atoms. The predicted molar refractivity (Wildman–Crippen MR) is 82.9 cm³/mol. The molecule has 2 amide bonds. The van der Waals surface area contributed by atoms with Crippen LogP contribution >= 0.6 is 0 Å². The fraction of sp³-hybridized carbons (Fsp3) is 0.111. The van der Waals surface area contributed by atoms with E-state index in [0.29, 0.717) is 5.56 Å². The summed E-state index contributed by atoms with van der Waals surface area (Å²) in [5, 5.41) is 0. The van der Waals surface area contributed by atoms with Crippen molar-refractivity contribution < 1.29 is 14.3 Å². The fourth-order valence-corrected chi connectivity index (χ4v) is 2.47. The number of imide groups is 1. The first-order valence-corrected chi connectivity index (χ1v) is 6.98. The van der Waals surface area contributed by atoms with Crippen LogP contribution in [0.25, 0.3) is 5.57 Å². The number of ether oxygens (including phenoxy) is 1. The van der Waals surface area contributed by atoms with Gasteiger partial charge in [-0.3, -0.25) is 4.79 Å². The number of hydrogen-bond donors (Lipinski definition) is 0. The summed E-state index contributed by atoms with van der Waals surface area (Å²) >= 11 is 0. The van der Waals surface area contributed by atoms with Gasteiger partial charge in [0.2, 0.25) is 0 Å². The molecule has 1 aliphatic rings. The van der Waals surface area contributed by atoms with E-state index in [1.165, 1.54) is 0 Å². The molecule has 22 heavy (non-hydrogen) atoms. The summed E-state index contributed by atoms with van der Waals surface area (Å²) in [6.07, 6.45) is -0.629. The van der Waals surface area contributed by atoms with E-state index in [1.807, 2.05) is 48.5 Å². The molecular weight excluding hydrogens is 278 g/mol. The van der Waals surface area contributed by atoms with Gasteiger partial charge in [-0.25, -0.2) is 9.69 Å². The highest BCUT2D eigenvalue weighted by atomic mass is 16.6. The predicted octanol–water partition coefficient (Wildman–Crippen LogP) is 3.42. The first-order valence-electron chi connectivity index (χ1n) is 6.98. The number of cyclic esters (lactones) is 1. The minimum absolute atomic E-state index is 0.163. The molecule has 0 unspecified atom stereocenters. The molecule has 1 heterocycles. The van der Waals surface area contributed by atoms with Crippen LogP contribution in [-0.2, 0) is 9.53 Å². The summed E-state index contributed by atoms with van der Waals surface area (Å²) in [4.78, 5) is 25.8. The number of benzene rings is 2. The van der Waals surface area contributed by atoms with E-state index in [-0.39, 0.29) is 12.2 Å². The van der Waals surface area contributed by atoms with E-state index in [1.54, 1.807) is 12.1 Å².